The van der Waals surface area contributed by atoms with Gasteiger partial charge in [-0.1, -0.05) is 0 Å². The molecule has 4 heteroatoms. The summed E-state index contributed by atoms with van der Waals surface area (Å²) in [4.78, 5) is 12.6. The standard InChI is InChI=1S/C20H28N2O2/c1-19(2,3)21-16-12-8-7-9-14(23)15(12)13-10-11-24-18(13)17(16)22-20(4,5)6/h10-11,21-22H,7-9H2,1-6H3. The van der Waals surface area contributed by atoms with E-state index < -0.39 is 0 Å². The molecule has 3 rings (SSSR count). The number of rotatable bonds is 2. The van der Waals surface area contributed by atoms with E-state index in [2.05, 4.69) is 52.2 Å². The van der Waals surface area contributed by atoms with E-state index in [1.807, 2.05) is 6.07 Å². The number of hydrogen-bond donors (Lipinski definition) is 2. The van der Waals surface area contributed by atoms with Crippen LogP contribution in [0.4, 0.5) is 11.4 Å². The summed E-state index contributed by atoms with van der Waals surface area (Å²) in [6.45, 7) is 12.8. The molecule has 1 aliphatic rings. The highest BCUT2D eigenvalue weighted by molar-refractivity contribution is 6.15. The van der Waals surface area contributed by atoms with E-state index in [1.54, 1.807) is 6.26 Å². The first-order valence-corrected chi connectivity index (χ1v) is 8.72. The first kappa shape index (κ1) is 16.9. The molecule has 0 saturated carbocycles. The van der Waals surface area contributed by atoms with Crippen LogP contribution in [-0.2, 0) is 6.42 Å². The summed E-state index contributed by atoms with van der Waals surface area (Å²) in [5, 5.41) is 8.16. The van der Waals surface area contributed by atoms with Crippen molar-refractivity contribution in [2.75, 3.05) is 10.6 Å². The second-order valence-corrected chi connectivity index (χ2v) is 8.79. The van der Waals surface area contributed by atoms with E-state index in [1.165, 1.54) is 0 Å². The first-order chi connectivity index (χ1) is 11.1. The van der Waals surface area contributed by atoms with Crippen LogP contribution in [0.1, 0.15) is 70.3 Å². The number of Topliss-reactive ketones (excluding diaryl/α,β-unsaturated/α-hetero) is 1. The van der Waals surface area contributed by atoms with Crippen molar-refractivity contribution in [2.45, 2.75) is 71.9 Å². The summed E-state index contributed by atoms with van der Waals surface area (Å²) in [5.41, 5.74) is 4.50. The molecular formula is C20H28N2O2. The molecule has 0 atom stereocenters. The molecule has 2 aromatic rings. The van der Waals surface area contributed by atoms with Gasteiger partial charge >= 0.3 is 0 Å². The van der Waals surface area contributed by atoms with Gasteiger partial charge in [0.25, 0.3) is 0 Å². The van der Waals surface area contributed by atoms with E-state index in [9.17, 15) is 4.79 Å². The number of hydrogen-bond acceptors (Lipinski definition) is 4. The van der Waals surface area contributed by atoms with Gasteiger partial charge in [0.15, 0.2) is 11.4 Å². The lowest BCUT2D eigenvalue weighted by Gasteiger charge is -2.32. The number of carbonyl (C=O) groups excluding carboxylic acids is 1. The fourth-order valence-electron chi connectivity index (χ4n) is 3.38. The minimum atomic E-state index is -0.110. The number of benzene rings is 1. The van der Waals surface area contributed by atoms with Crippen LogP contribution >= 0.6 is 0 Å². The van der Waals surface area contributed by atoms with Crippen LogP contribution < -0.4 is 10.6 Å². The molecule has 1 aromatic carbocycles. The molecule has 0 radical (unpaired) electrons. The normalized spacial score (nSPS) is 15.5. The summed E-state index contributed by atoms with van der Waals surface area (Å²) >= 11 is 0. The Balaban J connectivity index is 2.34. The molecule has 1 aromatic heterocycles. The van der Waals surface area contributed by atoms with Gasteiger partial charge in [-0.05, 0) is 66.0 Å². The van der Waals surface area contributed by atoms with Crippen LogP contribution in [0, 0.1) is 0 Å². The second-order valence-electron chi connectivity index (χ2n) is 8.79. The van der Waals surface area contributed by atoms with E-state index >= 15 is 0 Å². The average molecular weight is 328 g/mol. The summed E-state index contributed by atoms with van der Waals surface area (Å²) in [6, 6.07) is 1.92. The Labute approximate surface area is 144 Å². The van der Waals surface area contributed by atoms with Crippen LogP contribution in [0.3, 0.4) is 0 Å². The largest absolute Gasteiger partial charge is 0.462 e. The zero-order chi connectivity index (χ0) is 17.7. The third-order valence-electron chi connectivity index (χ3n) is 4.12. The fourth-order valence-corrected chi connectivity index (χ4v) is 3.38. The van der Waals surface area contributed by atoms with Crippen molar-refractivity contribution in [1.29, 1.82) is 0 Å². The Morgan fingerprint density at radius 3 is 2.21 bits per heavy atom. The molecule has 0 unspecified atom stereocenters. The number of ketones is 1. The molecule has 4 nitrogen and oxygen atoms in total. The molecule has 1 heterocycles. The van der Waals surface area contributed by atoms with Crippen molar-refractivity contribution < 1.29 is 9.21 Å². The fraction of sp³-hybridized carbons (Fsp3) is 0.550. The molecule has 0 spiro atoms. The van der Waals surface area contributed by atoms with E-state index in [4.69, 9.17) is 4.42 Å². The summed E-state index contributed by atoms with van der Waals surface area (Å²) in [7, 11) is 0. The van der Waals surface area contributed by atoms with Gasteiger partial charge in [-0.3, -0.25) is 4.79 Å². The van der Waals surface area contributed by atoms with Gasteiger partial charge in [0, 0.05) is 28.4 Å². The van der Waals surface area contributed by atoms with Crippen LogP contribution in [-0.4, -0.2) is 16.9 Å². The number of fused-ring (bicyclic) bond motifs is 3. The van der Waals surface area contributed by atoms with Crippen molar-refractivity contribution in [3.05, 3.63) is 23.5 Å². The maximum atomic E-state index is 12.6. The minimum Gasteiger partial charge on any atom is -0.462 e. The summed E-state index contributed by atoms with van der Waals surface area (Å²) in [6.07, 6.45) is 4.12. The molecular weight excluding hydrogens is 300 g/mol. The third-order valence-corrected chi connectivity index (χ3v) is 4.12. The van der Waals surface area contributed by atoms with Gasteiger partial charge in [-0.2, -0.15) is 0 Å². The Bertz CT molecular complexity index is 789. The molecule has 1 aliphatic carbocycles. The summed E-state index contributed by atoms with van der Waals surface area (Å²) in [5.74, 6) is 0.224. The van der Waals surface area contributed by atoms with Crippen molar-refractivity contribution in [3.8, 4) is 0 Å². The monoisotopic (exact) mass is 328 g/mol. The SMILES string of the molecule is CC(C)(C)Nc1c2c(c3ccoc3c1NC(C)(C)C)C(=O)CCC2. The maximum absolute atomic E-state index is 12.6. The molecule has 2 N–H and O–H groups in total. The Morgan fingerprint density at radius 1 is 0.958 bits per heavy atom. The number of carbonyl (C=O) groups is 1. The van der Waals surface area contributed by atoms with Crippen molar-refractivity contribution in [2.24, 2.45) is 0 Å². The first-order valence-electron chi connectivity index (χ1n) is 8.72. The van der Waals surface area contributed by atoms with E-state index in [0.717, 1.165) is 46.3 Å². The minimum absolute atomic E-state index is 0.108. The van der Waals surface area contributed by atoms with Gasteiger partial charge in [-0.15, -0.1) is 0 Å². The van der Waals surface area contributed by atoms with Crippen LogP contribution in [0.15, 0.2) is 16.7 Å². The molecule has 130 valence electrons. The highest BCUT2D eigenvalue weighted by Crippen LogP contribution is 2.44. The van der Waals surface area contributed by atoms with E-state index in [0.29, 0.717) is 6.42 Å². The lowest BCUT2D eigenvalue weighted by Crippen LogP contribution is -2.31. The summed E-state index contributed by atoms with van der Waals surface area (Å²) < 4.78 is 5.81. The molecule has 0 saturated heterocycles. The second kappa shape index (κ2) is 5.54. The van der Waals surface area contributed by atoms with Crippen LogP contribution in [0.25, 0.3) is 11.0 Å². The zero-order valence-corrected chi connectivity index (χ0v) is 15.6. The van der Waals surface area contributed by atoms with Gasteiger partial charge in [-0.25, -0.2) is 0 Å². The van der Waals surface area contributed by atoms with Crippen LogP contribution in [0.5, 0.6) is 0 Å². The molecule has 0 fully saturated rings. The Morgan fingerprint density at radius 2 is 1.58 bits per heavy atom. The average Bonchev–Trinajstić information content (AvgIpc) is 2.89. The highest BCUT2D eigenvalue weighted by Gasteiger charge is 2.30. The van der Waals surface area contributed by atoms with Gasteiger partial charge in [0.1, 0.15) is 5.69 Å². The molecule has 24 heavy (non-hydrogen) atoms. The van der Waals surface area contributed by atoms with Gasteiger partial charge < -0.3 is 15.1 Å². The van der Waals surface area contributed by atoms with Crippen molar-refractivity contribution >= 4 is 28.1 Å². The quantitative estimate of drug-likeness (QED) is 0.727. The van der Waals surface area contributed by atoms with Gasteiger partial charge in [0.05, 0.1) is 12.0 Å². The van der Waals surface area contributed by atoms with Gasteiger partial charge in [0.2, 0.25) is 0 Å². The number of furan rings is 1. The highest BCUT2D eigenvalue weighted by atomic mass is 16.3. The van der Waals surface area contributed by atoms with Crippen LogP contribution in [0.2, 0.25) is 0 Å². The molecule has 0 amide bonds. The smallest absolute Gasteiger partial charge is 0.163 e. The maximum Gasteiger partial charge on any atom is 0.163 e. The molecule has 0 aliphatic heterocycles. The predicted octanol–water partition coefficient (Wildman–Crippen LogP) is 5.37. The predicted molar refractivity (Wildman–Crippen MR) is 100 cm³/mol. The number of nitrogens with one attached hydrogen (secondary N) is 2. The Hall–Kier alpha value is -1.97. The lowest BCUT2D eigenvalue weighted by atomic mass is 9.85. The lowest BCUT2D eigenvalue weighted by molar-refractivity contribution is 0.0974. The topological polar surface area (TPSA) is 54.3 Å². The number of anilines is 2. The van der Waals surface area contributed by atoms with Crippen molar-refractivity contribution in [3.63, 3.8) is 0 Å². The zero-order valence-electron chi connectivity index (χ0n) is 15.6. The molecule has 0 bridgehead atoms. The Kier molecular flexibility index (Phi) is 3.89. The third kappa shape index (κ3) is 3.14. The van der Waals surface area contributed by atoms with E-state index in [-0.39, 0.29) is 16.9 Å². The van der Waals surface area contributed by atoms with Crippen molar-refractivity contribution in [1.82, 2.24) is 0 Å².